The Labute approximate surface area is 167 Å². The van der Waals surface area contributed by atoms with E-state index in [1.807, 2.05) is 60.7 Å². The lowest BCUT2D eigenvalue weighted by Gasteiger charge is -2.10. The van der Waals surface area contributed by atoms with Crippen LogP contribution in [0, 0.1) is 0 Å². The van der Waals surface area contributed by atoms with Crippen LogP contribution in [-0.4, -0.2) is 21.9 Å². The normalized spacial score (nSPS) is 11.0. The first kappa shape index (κ1) is 18.3. The third kappa shape index (κ3) is 4.11. The maximum Gasteiger partial charge on any atom is 0.292 e. The molecule has 0 saturated carbocycles. The summed E-state index contributed by atoms with van der Waals surface area (Å²) < 4.78 is 1.31. The van der Waals surface area contributed by atoms with Crippen LogP contribution in [0.25, 0.3) is 10.8 Å². The number of nitrogens with zero attached hydrogens (tertiary/aromatic N) is 3. The van der Waals surface area contributed by atoms with Crippen molar-refractivity contribution in [2.45, 2.75) is 6.54 Å². The Bertz CT molecular complexity index is 1230. The van der Waals surface area contributed by atoms with Gasteiger partial charge in [-0.3, -0.25) is 9.59 Å². The molecule has 0 aliphatic rings. The summed E-state index contributed by atoms with van der Waals surface area (Å²) in [6.45, 7) is 0.276. The molecule has 1 heterocycles. The van der Waals surface area contributed by atoms with E-state index in [0.29, 0.717) is 10.8 Å². The zero-order chi connectivity index (χ0) is 20.1. The van der Waals surface area contributed by atoms with Gasteiger partial charge in [0.15, 0.2) is 5.69 Å². The highest BCUT2D eigenvalue weighted by atomic mass is 16.2. The van der Waals surface area contributed by atoms with Crippen molar-refractivity contribution in [3.05, 3.63) is 112 Å². The van der Waals surface area contributed by atoms with Gasteiger partial charge in [-0.1, -0.05) is 78.9 Å². The summed E-state index contributed by atoms with van der Waals surface area (Å²) in [5, 5.41) is 9.28. The molecule has 1 N–H and O–H groups in total. The lowest BCUT2D eigenvalue weighted by Crippen LogP contribution is -2.29. The maximum atomic E-state index is 12.8. The van der Waals surface area contributed by atoms with Crippen LogP contribution in [0.1, 0.15) is 21.6 Å². The van der Waals surface area contributed by atoms with Gasteiger partial charge in [0.25, 0.3) is 11.5 Å². The van der Waals surface area contributed by atoms with E-state index in [1.54, 1.807) is 30.5 Å². The Morgan fingerprint density at radius 1 is 0.897 bits per heavy atom. The molecule has 0 fully saturated rings. The molecule has 0 atom stereocenters. The highest BCUT2D eigenvalue weighted by Gasteiger charge is 2.16. The topological polar surface area (TPSA) is 76.3 Å². The molecule has 0 bridgehead atoms. The molecule has 0 aliphatic carbocycles. The number of nitrogens with one attached hydrogen (secondary N) is 1. The number of rotatable bonds is 5. The third-order valence-electron chi connectivity index (χ3n) is 4.44. The fourth-order valence-electron chi connectivity index (χ4n) is 3.02. The van der Waals surface area contributed by atoms with Crippen molar-refractivity contribution in [3.8, 4) is 0 Å². The molecule has 1 aromatic heterocycles. The highest BCUT2D eigenvalue weighted by molar-refractivity contribution is 6.04. The van der Waals surface area contributed by atoms with Gasteiger partial charge in [-0.25, -0.2) is 10.1 Å². The van der Waals surface area contributed by atoms with Crippen molar-refractivity contribution in [2.24, 2.45) is 5.10 Å². The van der Waals surface area contributed by atoms with E-state index >= 15 is 0 Å². The third-order valence-corrected chi connectivity index (χ3v) is 4.44. The number of aromatic nitrogens is 2. The number of benzene rings is 3. The van der Waals surface area contributed by atoms with E-state index < -0.39 is 5.91 Å². The van der Waals surface area contributed by atoms with Crippen LogP contribution in [0.2, 0.25) is 0 Å². The van der Waals surface area contributed by atoms with Gasteiger partial charge in [-0.05, 0) is 17.2 Å². The van der Waals surface area contributed by atoms with Gasteiger partial charge in [0, 0.05) is 5.39 Å². The fourth-order valence-corrected chi connectivity index (χ4v) is 3.02. The molecular formula is C23H18N4O2. The van der Waals surface area contributed by atoms with Crippen molar-refractivity contribution < 1.29 is 4.79 Å². The molecule has 0 unspecified atom stereocenters. The Kier molecular flexibility index (Phi) is 5.25. The van der Waals surface area contributed by atoms with Gasteiger partial charge in [0.1, 0.15) is 0 Å². The van der Waals surface area contributed by atoms with Crippen molar-refractivity contribution in [2.75, 3.05) is 0 Å². The van der Waals surface area contributed by atoms with E-state index in [9.17, 15) is 9.59 Å². The second-order valence-electron chi connectivity index (χ2n) is 6.45. The molecule has 0 saturated heterocycles. The standard InChI is InChI=1S/C23H18N4O2/c28-22(25-24-15-17-9-3-1-4-10-17)21-19-13-7-8-14-20(19)23(29)27(26-21)16-18-11-5-2-6-12-18/h1-15H,16H2,(H,25,28)/b24-15-. The van der Waals surface area contributed by atoms with Gasteiger partial charge in [-0.2, -0.15) is 10.2 Å². The summed E-state index contributed by atoms with van der Waals surface area (Å²) in [4.78, 5) is 25.6. The predicted molar refractivity (Wildman–Crippen MR) is 113 cm³/mol. The van der Waals surface area contributed by atoms with Crippen LogP contribution in [0.4, 0.5) is 0 Å². The van der Waals surface area contributed by atoms with Crippen LogP contribution in [0.5, 0.6) is 0 Å². The van der Waals surface area contributed by atoms with E-state index in [-0.39, 0.29) is 17.8 Å². The maximum absolute atomic E-state index is 12.8. The Morgan fingerprint density at radius 3 is 2.24 bits per heavy atom. The molecule has 0 spiro atoms. The molecule has 6 nitrogen and oxygen atoms in total. The second-order valence-corrected chi connectivity index (χ2v) is 6.45. The quantitative estimate of drug-likeness (QED) is 0.425. The number of carbonyl (C=O) groups is 1. The summed E-state index contributed by atoms with van der Waals surface area (Å²) in [5.74, 6) is -0.477. The number of hydrogen-bond acceptors (Lipinski definition) is 4. The van der Waals surface area contributed by atoms with Crippen molar-refractivity contribution >= 4 is 22.9 Å². The van der Waals surface area contributed by atoms with Gasteiger partial charge >= 0.3 is 0 Å². The minimum absolute atomic E-state index is 0.154. The van der Waals surface area contributed by atoms with E-state index in [0.717, 1.165) is 11.1 Å². The van der Waals surface area contributed by atoms with Crippen LogP contribution >= 0.6 is 0 Å². The molecule has 0 radical (unpaired) electrons. The molecule has 3 aromatic carbocycles. The Balaban J connectivity index is 1.69. The highest BCUT2D eigenvalue weighted by Crippen LogP contribution is 2.14. The molecular weight excluding hydrogens is 364 g/mol. The van der Waals surface area contributed by atoms with Gasteiger partial charge in [-0.15, -0.1) is 0 Å². The Hall–Kier alpha value is -4.06. The number of carbonyl (C=O) groups excluding carboxylic acids is 1. The largest absolute Gasteiger partial charge is 0.292 e. The second kappa shape index (κ2) is 8.31. The first-order valence-corrected chi connectivity index (χ1v) is 9.14. The first-order valence-electron chi connectivity index (χ1n) is 9.14. The van der Waals surface area contributed by atoms with E-state index in [4.69, 9.17) is 0 Å². The van der Waals surface area contributed by atoms with Gasteiger partial charge < -0.3 is 0 Å². The summed E-state index contributed by atoms with van der Waals surface area (Å²) in [6.07, 6.45) is 1.56. The number of fused-ring (bicyclic) bond motifs is 1. The minimum atomic E-state index is -0.477. The summed E-state index contributed by atoms with van der Waals surface area (Å²) >= 11 is 0. The molecule has 1 amide bonds. The average molecular weight is 382 g/mol. The van der Waals surface area contributed by atoms with Crippen molar-refractivity contribution in [1.29, 1.82) is 0 Å². The van der Waals surface area contributed by atoms with Crippen LogP contribution in [0.3, 0.4) is 0 Å². The van der Waals surface area contributed by atoms with Gasteiger partial charge in [0.05, 0.1) is 18.1 Å². The van der Waals surface area contributed by atoms with Crippen molar-refractivity contribution in [3.63, 3.8) is 0 Å². The summed E-state index contributed by atoms with van der Waals surface area (Å²) in [6, 6.07) is 25.9. The number of hydrogen-bond donors (Lipinski definition) is 1. The smallest absolute Gasteiger partial charge is 0.267 e. The van der Waals surface area contributed by atoms with Gasteiger partial charge in [0.2, 0.25) is 0 Å². The van der Waals surface area contributed by atoms with Crippen LogP contribution < -0.4 is 11.0 Å². The van der Waals surface area contributed by atoms with E-state index in [2.05, 4.69) is 15.6 Å². The molecule has 0 aliphatic heterocycles. The van der Waals surface area contributed by atoms with Crippen LogP contribution in [-0.2, 0) is 6.54 Å². The number of hydrazone groups is 1. The van der Waals surface area contributed by atoms with E-state index in [1.165, 1.54) is 4.68 Å². The summed E-state index contributed by atoms with van der Waals surface area (Å²) in [7, 11) is 0. The van der Waals surface area contributed by atoms with Crippen molar-refractivity contribution in [1.82, 2.24) is 15.2 Å². The minimum Gasteiger partial charge on any atom is -0.267 e. The first-order chi connectivity index (χ1) is 14.2. The molecule has 4 rings (SSSR count). The zero-order valence-electron chi connectivity index (χ0n) is 15.5. The SMILES string of the molecule is O=C(N/N=C\c1ccccc1)c1nn(Cc2ccccc2)c(=O)c2ccccc12. The predicted octanol–water partition coefficient (Wildman–Crippen LogP) is 3.21. The monoisotopic (exact) mass is 382 g/mol. The fraction of sp³-hybridized carbons (Fsp3) is 0.0435. The lowest BCUT2D eigenvalue weighted by molar-refractivity contribution is 0.0949. The molecule has 6 heteroatoms. The molecule has 29 heavy (non-hydrogen) atoms. The lowest BCUT2D eigenvalue weighted by atomic mass is 10.1. The number of amides is 1. The molecule has 142 valence electrons. The molecule has 4 aromatic rings. The summed E-state index contributed by atoms with van der Waals surface area (Å²) in [5.41, 5.74) is 4.20. The zero-order valence-corrected chi connectivity index (χ0v) is 15.5. The average Bonchev–Trinajstić information content (AvgIpc) is 2.77. The Morgan fingerprint density at radius 2 is 1.52 bits per heavy atom. The van der Waals surface area contributed by atoms with Crippen LogP contribution in [0.15, 0.2) is 94.8 Å².